The molecule has 0 unspecified atom stereocenters. The van der Waals surface area contributed by atoms with Gasteiger partial charge in [-0.2, -0.15) is 0 Å². The van der Waals surface area contributed by atoms with E-state index in [0.717, 1.165) is 12.8 Å². The lowest BCUT2D eigenvalue weighted by molar-refractivity contribution is -0.153. The van der Waals surface area contributed by atoms with E-state index in [2.05, 4.69) is 12.2 Å². The fraction of sp³-hybridized carbons (Fsp3) is 0.375. The van der Waals surface area contributed by atoms with Crippen LogP contribution in [0.3, 0.4) is 0 Å². The SMILES string of the molecule is CCCCCc1ccc(C(=O)CCC(=O)O[C@H](C)C(=O)Nc2ccc(F)cc2)cc1. The molecule has 0 saturated heterocycles. The Balaban J connectivity index is 1.75. The van der Waals surface area contributed by atoms with E-state index in [1.54, 1.807) is 12.1 Å². The van der Waals surface area contributed by atoms with Crippen LogP contribution in [0.2, 0.25) is 0 Å². The molecule has 0 aliphatic carbocycles. The molecule has 1 atom stereocenters. The van der Waals surface area contributed by atoms with Crippen LogP contribution in [0.5, 0.6) is 0 Å². The van der Waals surface area contributed by atoms with Gasteiger partial charge in [0.05, 0.1) is 6.42 Å². The number of anilines is 1. The Labute approximate surface area is 176 Å². The van der Waals surface area contributed by atoms with Gasteiger partial charge in [-0.25, -0.2) is 4.39 Å². The number of ketones is 1. The third-order valence-electron chi connectivity index (χ3n) is 4.69. The fourth-order valence-electron chi connectivity index (χ4n) is 2.88. The summed E-state index contributed by atoms with van der Waals surface area (Å²) in [6.45, 7) is 3.60. The summed E-state index contributed by atoms with van der Waals surface area (Å²) in [5.41, 5.74) is 2.15. The molecule has 1 amide bonds. The second-order valence-electron chi connectivity index (χ2n) is 7.21. The lowest BCUT2D eigenvalue weighted by Gasteiger charge is -2.13. The van der Waals surface area contributed by atoms with E-state index in [-0.39, 0.29) is 18.6 Å². The van der Waals surface area contributed by atoms with Crippen LogP contribution in [0, 0.1) is 5.82 Å². The fourth-order valence-corrected chi connectivity index (χ4v) is 2.88. The molecule has 0 bridgehead atoms. The molecule has 160 valence electrons. The molecule has 0 fully saturated rings. The van der Waals surface area contributed by atoms with E-state index in [9.17, 15) is 18.8 Å². The van der Waals surface area contributed by atoms with Gasteiger partial charge in [0.1, 0.15) is 5.82 Å². The molecular weight excluding hydrogens is 385 g/mol. The van der Waals surface area contributed by atoms with Crippen LogP contribution in [0.25, 0.3) is 0 Å². The van der Waals surface area contributed by atoms with E-state index < -0.39 is 23.8 Å². The summed E-state index contributed by atoms with van der Waals surface area (Å²) in [6, 6.07) is 12.7. The Bertz CT molecular complexity index is 847. The second kappa shape index (κ2) is 11.9. The number of halogens is 1. The summed E-state index contributed by atoms with van der Waals surface area (Å²) < 4.78 is 18.0. The molecule has 0 aliphatic heterocycles. The Kier molecular flexibility index (Phi) is 9.19. The van der Waals surface area contributed by atoms with Gasteiger partial charge in [0.15, 0.2) is 11.9 Å². The van der Waals surface area contributed by atoms with Crippen LogP contribution >= 0.6 is 0 Å². The number of hydrogen-bond donors (Lipinski definition) is 1. The summed E-state index contributed by atoms with van der Waals surface area (Å²) in [4.78, 5) is 36.3. The number of ether oxygens (including phenoxy) is 1. The highest BCUT2D eigenvalue weighted by Crippen LogP contribution is 2.13. The summed E-state index contributed by atoms with van der Waals surface area (Å²) in [5, 5.41) is 2.54. The normalized spacial score (nSPS) is 11.6. The highest BCUT2D eigenvalue weighted by molar-refractivity contribution is 5.98. The number of hydrogen-bond acceptors (Lipinski definition) is 4. The average Bonchev–Trinajstić information content (AvgIpc) is 2.74. The highest BCUT2D eigenvalue weighted by atomic mass is 19.1. The molecule has 2 aromatic rings. The van der Waals surface area contributed by atoms with Gasteiger partial charge in [-0.1, -0.05) is 44.0 Å². The van der Waals surface area contributed by atoms with E-state index in [1.165, 1.54) is 49.6 Å². The van der Waals surface area contributed by atoms with Gasteiger partial charge in [0.25, 0.3) is 5.91 Å². The predicted molar refractivity (Wildman–Crippen MR) is 114 cm³/mol. The van der Waals surface area contributed by atoms with Crippen molar-refractivity contribution in [2.75, 3.05) is 5.32 Å². The molecule has 1 N–H and O–H groups in total. The summed E-state index contributed by atoms with van der Waals surface area (Å²) >= 11 is 0. The zero-order valence-electron chi connectivity index (χ0n) is 17.4. The summed E-state index contributed by atoms with van der Waals surface area (Å²) in [7, 11) is 0. The smallest absolute Gasteiger partial charge is 0.307 e. The molecule has 0 spiro atoms. The number of esters is 1. The number of carbonyl (C=O) groups is 3. The van der Waals surface area contributed by atoms with E-state index in [4.69, 9.17) is 4.74 Å². The maximum absolute atomic E-state index is 12.9. The van der Waals surface area contributed by atoms with Crippen molar-refractivity contribution in [1.82, 2.24) is 0 Å². The number of Topliss-reactive ketones (excluding diaryl/α,β-unsaturated/α-hetero) is 1. The van der Waals surface area contributed by atoms with Crippen LogP contribution in [-0.2, 0) is 20.7 Å². The van der Waals surface area contributed by atoms with E-state index >= 15 is 0 Å². The van der Waals surface area contributed by atoms with Crippen LogP contribution in [-0.4, -0.2) is 23.8 Å². The van der Waals surface area contributed by atoms with Gasteiger partial charge in [0, 0.05) is 17.7 Å². The number of carbonyl (C=O) groups excluding carboxylic acids is 3. The van der Waals surface area contributed by atoms with Gasteiger partial charge in [-0.15, -0.1) is 0 Å². The maximum atomic E-state index is 12.9. The lowest BCUT2D eigenvalue weighted by Crippen LogP contribution is -2.30. The second-order valence-corrected chi connectivity index (χ2v) is 7.21. The van der Waals surface area contributed by atoms with Gasteiger partial charge in [0.2, 0.25) is 0 Å². The first-order valence-electron chi connectivity index (χ1n) is 10.3. The number of amides is 1. The molecule has 2 rings (SSSR count). The number of benzene rings is 2. The van der Waals surface area contributed by atoms with E-state index in [1.807, 2.05) is 12.1 Å². The zero-order chi connectivity index (χ0) is 21.9. The van der Waals surface area contributed by atoms with Gasteiger partial charge in [-0.05, 0) is 49.6 Å². The molecule has 0 aromatic heterocycles. The van der Waals surface area contributed by atoms with Crippen molar-refractivity contribution in [2.45, 2.75) is 58.5 Å². The lowest BCUT2D eigenvalue weighted by atomic mass is 10.0. The molecule has 0 aliphatic rings. The number of aryl methyl sites for hydroxylation is 1. The minimum absolute atomic E-state index is 0.0142. The predicted octanol–water partition coefficient (Wildman–Crippen LogP) is 5.09. The van der Waals surface area contributed by atoms with Crippen molar-refractivity contribution >= 4 is 23.3 Å². The molecule has 5 nitrogen and oxygen atoms in total. The van der Waals surface area contributed by atoms with Crippen molar-refractivity contribution in [3.05, 3.63) is 65.5 Å². The average molecular weight is 413 g/mol. The van der Waals surface area contributed by atoms with Crippen molar-refractivity contribution in [2.24, 2.45) is 0 Å². The number of unbranched alkanes of at least 4 members (excludes halogenated alkanes) is 2. The Hall–Kier alpha value is -3.02. The Morgan fingerprint density at radius 2 is 1.63 bits per heavy atom. The Morgan fingerprint density at radius 3 is 2.27 bits per heavy atom. The third-order valence-corrected chi connectivity index (χ3v) is 4.69. The van der Waals surface area contributed by atoms with Crippen LogP contribution < -0.4 is 5.32 Å². The first-order valence-corrected chi connectivity index (χ1v) is 10.3. The van der Waals surface area contributed by atoms with Crippen LogP contribution in [0.4, 0.5) is 10.1 Å². The van der Waals surface area contributed by atoms with Crippen molar-refractivity contribution in [1.29, 1.82) is 0 Å². The van der Waals surface area contributed by atoms with Gasteiger partial charge >= 0.3 is 5.97 Å². The van der Waals surface area contributed by atoms with Crippen LogP contribution in [0.1, 0.15) is 61.9 Å². The van der Waals surface area contributed by atoms with Gasteiger partial charge < -0.3 is 10.1 Å². The van der Waals surface area contributed by atoms with Gasteiger partial charge in [-0.3, -0.25) is 14.4 Å². The van der Waals surface area contributed by atoms with Crippen molar-refractivity contribution < 1.29 is 23.5 Å². The van der Waals surface area contributed by atoms with Crippen LogP contribution in [0.15, 0.2) is 48.5 Å². The highest BCUT2D eigenvalue weighted by Gasteiger charge is 2.19. The molecule has 2 aromatic carbocycles. The van der Waals surface area contributed by atoms with Crippen molar-refractivity contribution in [3.63, 3.8) is 0 Å². The van der Waals surface area contributed by atoms with Crippen molar-refractivity contribution in [3.8, 4) is 0 Å². The minimum Gasteiger partial charge on any atom is -0.453 e. The molecular formula is C24H28FNO4. The number of rotatable bonds is 11. The zero-order valence-corrected chi connectivity index (χ0v) is 17.4. The molecule has 0 heterocycles. The molecule has 6 heteroatoms. The van der Waals surface area contributed by atoms with E-state index in [0.29, 0.717) is 11.3 Å². The topological polar surface area (TPSA) is 72.5 Å². The monoisotopic (exact) mass is 413 g/mol. The third kappa shape index (κ3) is 7.78. The maximum Gasteiger partial charge on any atom is 0.307 e. The standard InChI is InChI=1S/C24H28FNO4/c1-3-4-5-6-18-7-9-19(10-8-18)22(27)15-16-23(28)30-17(2)24(29)26-21-13-11-20(25)12-14-21/h7-14,17H,3-6,15-16H2,1-2H3,(H,26,29)/t17-/m1/s1. The first-order chi connectivity index (χ1) is 14.4. The Morgan fingerprint density at radius 1 is 0.967 bits per heavy atom. The quantitative estimate of drug-likeness (QED) is 0.316. The summed E-state index contributed by atoms with van der Waals surface area (Å²) in [5.74, 6) is -1.71. The minimum atomic E-state index is -1.03. The molecule has 0 saturated carbocycles. The number of nitrogens with one attached hydrogen (secondary N) is 1. The molecule has 30 heavy (non-hydrogen) atoms. The summed E-state index contributed by atoms with van der Waals surface area (Å²) in [6.07, 6.45) is 3.35. The first kappa shape index (κ1) is 23.3. The molecule has 0 radical (unpaired) electrons. The largest absolute Gasteiger partial charge is 0.453 e.